The summed E-state index contributed by atoms with van der Waals surface area (Å²) in [4.78, 5) is 11.5. The largest absolute Gasteiger partial charge is 0.476 e. The van der Waals surface area contributed by atoms with Crippen LogP contribution in [0.25, 0.3) is 22.5 Å². The number of hydrogen-bond acceptors (Lipinski definition) is 4. The Morgan fingerprint density at radius 3 is 2.04 bits per heavy atom. The minimum absolute atomic E-state index is 0.581. The van der Waals surface area contributed by atoms with Gasteiger partial charge in [0.2, 0.25) is 5.88 Å². The molecule has 0 N–H and O–H groups in total. The van der Waals surface area contributed by atoms with Crippen LogP contribution in [-0.2, 0) is 0 Å². The fraction of sp³-hybridized carbons (Fsp3) is 0.238. The summed E-state index contributed by atoms with van der Waals surface area (Å²) in [6.45, 7) is 3.42. The Hall–Kier alpha value is -2.72. The standard InChI is InChI=1S/C21H23N3O/c1-16-19(17-10-6-4-7-11-17)21(25-15-14-24(2)3)23-20(22-16)18-12-8-5-9-13-18/h4-13H,14-15H2,1-3H3. The summed E-state index contributed by atoms with van der Waals surface area (Å²) in [5.74, 6) is 1.33. The highest BCUT2D eigenvalue weighted by Gasteiger charge is 2.16. The Bertz CT molecular complexity index is 817. The maximum absolute atomic E-state index is 6.05. The highest BCUT2D eigenvalue weighted by atomic mass is 16.5. The SMILES string of the molecule is Cc1nc(-c2ccccc2)nc(OCCN(C)C)c1-c1ccccc1. The van der Waals surface area contributed by atoms with E-state index in [4.69, 9.17) is 14.7 Å². The molecule has 128 valence electrons. The molecule has 4 nitrogen and oxygen atoms in total. The summed E-state index contributed by atoms with van der Waals surface area (Å²) in [5.41, 5.74) is 3.93. The average Bonchev–Trinajstić information content (AvgIpc) is 2.62. The van der Waals surface area contributed by atoms with Gasteiger partial charge in [0.1, 0.15) is 6.61 Å². The van der Waals surface area contributed by atoms with Crippen molar-refractivity contribution in [2.24, 2.45) is 0 Å². The molecule has 3 rings (SSSR count). The number of ether oxygens (including phenoxy) is 1. The fourth-order valence-electron chi connectivity index (χ4n) is 2.63. The van der Waals surface area contributed by atoms with Crippen LogP contribution in [0.1, 0.15) is 5.69 Å². The molecule has 3 aromatic rings. The molecule has 0 saturated heterocycles. The molecule has 0 aliphatic heterocycles. The molecule has 0 amide bonds. The third-order valence-corrected chi connectivity index (χ3v) is 3.93. The van der Waals surface area contributed by atoms with E-state index in [9.17, 15) is 0 Å². The predicted octanol–water partition coefficient (Wildman–Crippen LogP) is 4.06. The molecule has 1 heterocycles. The topological polar surface area (TPSA) is 38.3 Å². The van der Waals surface area contributed by atoms with Gasteiger partial charge in [0.25, 0.3) is 0 Å². The van der Waals surface area contributed by atoms with E-state index >= 15 is 0 Å². The lowest BCUT2D eigenvalue weighted by Crippen LogP contribution is -2.20. The van der Waals surface area contributed by atoms with Crippen molar-refractivity contribution >= 4 is 0 Å². The normalized spacial score (nSPS) is 10.9. The zero-order valence-corrected chi connectivity index (χ0v) is 14.9. The maximum Gasteiger partial charge on any atom is 0.225 e. The van der Waals surface area contributed by atoms with E-state index < -0.39 is 0 Å². The summed E-state index contributed by atoms with van der Waals surface area (Å²) in [7, 11) is 4.06. The van der Waals surface area contributed by atoms with Crippen LogP contribution < -0.4 is 4.74 Å². The molecule has 25 heavy (non-hydrogen) atoms. The van der Waals surface area contributed by atoms with E-state index in [1.807, 2.05) is 69.6 Å². The van der Waals surface area contributed by atoms with E-state index in [1.165, 1.54) is 0 Å². The Morgan fingerprint density at radius 2 is 1.44 bits per heavy atom. The van der Waals surface area contributed by atoms with E-state index in [-0.39, 0.29) is 0 Å². The van der Waals surface area contributed by atoms with Gasteiger partial charge in [-0.05, 0) is 26.6 Å². The second-order valence-electron chi connectivity index (χ2n) is 6.20. The van der Waals surface area contributed by atoms with E-state index in [0.29, 0.717) is 18.3 Å². The number of rotatable bonds is 6. The van der Waals surface area contributed by atoms with Crippen LogP contribution in [-0.4, -0.2) is 42.1 Å². The first-order valence-corrected chi connectivity index (χ1v) is 8.42. The van der Waals surface area contributed by atoms with Gasteiger partial charge < -0.3 is 9.64 Å². The third-order valence-electron chi connectivity index (χ3n) is 3.93. The highest BCUT2D eigenvalue weighted by Crippen LogP contribution is 2.32. The second kappa shape index (κ2) is 7.90. The van der Waals surface area contributed by atoms with Gasteiger partial charge in [-0.15, -0.1) is 0 Å². The van der Waals surface area contributed by atoms with Gasteiger partial charge in [0.15, 0.2) is 5.82 Å². The van der Waals surface area contributed by atoms with Crippen LogP contribution in [0.2, 0.25) is 0 Å². The summed E-state index contributed by atoms with van der Waals surface area (Å²) >= 11 is 0. The first-order valence-electron chi connectivity index (χ1n) is 8.42. The Labute approximate surface area is 149 Å². The zero-order valence-electron chi connectivity index (χ0n) is 14.9. The molecule has 0 unspecified atom stereocenters. The van der Waals surface area contributed by atoms with Crippen molar-refractivity contribution in [2.45, 2.75) is 6.92 Å². The molecular weight excluding hydrogens is 310 g/mol. The van der Waals surface area contributed by atoms with Crippen molar-refractivity contribution in [3.63, 3.8) is 0 Å². The van der Waals surface area contributed by atoms with Crippen molar-refractivity contribution in [2.75, 3.05) is 27.2 Å². The van der Waals surface area contributed by atoms with Crippen molar-refractivity contribution in [3.8, 4) is 28.4 Å². The van der Waals surface area contributed by atoms with Crippen molar-refractivity contribution in [3.05, 3.63) is 66.4 Å². The number of aryl methyl sites for hydroxylation is 1. The summed E-state index contributed by atoms with van der Waals surface area (Å²) in [6, 6.07) is 20.2. The lowest BCUT2D eigenvalue weighted by molar-refractivity contribution is 0.254. The Kier molecular flexibility index (Phi) is 5.41. The minimum atomic E-state index is 0.581. The molecule has 0 spiro atoms. The van der Waals surface area contributed by atoms with Crippen LogP contribution in [0.5, 0.6) is 5.88 Å². The van der Waals surface area contributed by atoms with Gasteiger partial charge in [0.05, 0.1) is 11.3 Å². The number of hydrogen-bond donors (Lipinski definition) is 0. The second-order valence-corrected chi connectivity index (χ2v) is 6.20. The zero-order chi connectivity index (χ0) is 17.6. The van der Waals surface area contributed by atoms with Crippen LogP contribution in [0.3, 0.4) is 0 Å². The van der Waals surface area contributed by atoms with E-state index in [1.54, 1.807) is 0 Å². The summed E-state index contributed by atoms with van der Waals surface area (Å²) in [6.07, 6.45) is 0. The number of benzene rings is 2. The number of nitrogens with zero attached hydrogens (tertiary/aromatic N) is 3. The smallest absolute Gasteiger partial charge is 0.225 e. The predicted molar refractivity (Wildman–Crippen MR) is 102 cm³/mol. The Morgan fingerprint density at radius 1 is 0.840 bits per heavy atom. The molecule has 0 bridgehead atoms. The summed E-state index contributed by atoms with van der Waals surface area (Å²) in [5, 5.41) is 0. The molecule has 0 aliphatic rings. The lowest BCUT2D eigenvalue weighted by Gasteiger charge is -2.16. The van der Waals surface area contributed by atoms with Gasteiger partial charge in [-0.25, -0.2) is 4.98 Å². The molecule has 2 aromatic carbocycles. The van der Waals surface area contributed by atoms with Crippen LogP contribution in [0.15, 0.2) is 60.7 Å². The minimum Gasteiger partial charge on any atom is -0.476 e. The highest BCUT2D eigenvalue weighted by molar-refractivity contribution is 5.72. The Balaban J connectivity index is 2.04. The van der Waals surface area contributed by atoms with Crippen molar-refractivity contribution in [1.29, 1.82) is 0 Å². The molecular formula is C21H23N3O. The van der Waals surface area contributed by atoms with Crippen molar-refractivity contribution < 1.29 is 4.74 Å². The molecule has 0 fully saturated rings. The molecule has 0 atom stereocenters. The monoisotopic (exact) mass is 333 g/mol. The molecule has 1 aromatic heterocycles. The van der Waals surface area contributed by atoms with Crippen molar-refractivity contribution in [1.82, 2.24) is 14.9 Å². The van der Waals surface area contributed by atoms with Crippen LogP contribution in [0, 0.1) is 6.92 Å². The van der Waals surface area contributed by atoms with Gasteiger partial charge in [-0.1, -0.05) is 60.7 Å². The maximum atomic E-state index is 6.05. The summed E-state index contributed by atoms with van der Waals surface area (Å²) < 4.78 is 6.05. The quantitative estimate of drug-likeness (QED) is 0.682. The first kappa shape index (κ1) is 17.1. The van der Waals surface area contributed by atoms with Crippen LogP contribution >= 0.6 is 0 Å². The molecule has 4 heteroatoms. The van der Waals surface area contributed by atoms with Gasteiger partial charge >= 0.3 is 0 Å². The third kappa shape index (κ3) is 4.22. The van der Waals surface area contributed by atoms with E-state index in [0.717, 1.165) is 28.9 Å². The molecule has 0 saturated carbocycles. The lowest BCUT2D eigenvalue weighted by atomic mass is 10.1. The van der Waals surface area contributed by atoms with Gasteiger partial charge in [0, 0.05) is 12.1 Å². The van der Waals surface area contributed by atoms with Gasteiger partial charge in [-0.3, -0.25) is 0 Å². The number of likely N-dealkylation sites (N-methyl/N-ethyl adjacent to an activating group) is 1. The number of aromatic nitrogens is 2. The fourth-order valence-corrected chi connectivity index (χ4v) is 2.63. The molecule has 0 aliphatic carbocycles. The first-order chi connectivity index (χ1) is 12.1. The van der Waals surface area contributed by atoms with Gasteiger partial charge in [-0.2, -0.15) is 4.98 Å². The van der Waals surface area contributed by atoms with Crippen LogP contribution in [0.4, 0.5) is 0 Å². The average molecular weight is 333 g/mol. The van der Waals surface area contributed by atoms with E-state index in [2.05, 4.69) is 17.0 Å². The molecule has 0 radical (unpaired) electrons.